The summed E-state index contributed by atoms with van der Waals surface area (Å²) in [5, 5.41) is 9.06. The Hall–Kier alpha value is -1.35. The van der Waals surface area contributed by atoms with E-state index in [0.29, 0.717) is 12.5 Å². The minimum absolute atomic E-state index is 0.0894. The van der Waals surface area contributed by atoms with Crippen LogP contribution in [0.4, 0.5) is 0 Å². The first-order valence-corrected chi connectivity index (χ1v) is 8.17. The lowest BCUT2D eigenvalue weighted by molar-refractivity contribution is 0.0658. The fraction of sp³-hybridized carbons (Fsp3) is 0.562. The molecule has 1 aliphatic heterocycles. The van der Waals surface area contributed by atoms with Gasteiger partial charge in [-0.15, -0.1) is 11.3 Å². The Labute approximate surface area is 129 Å². The van der Waals surface area contributed by atoms with Gasteiger partial charge in [0, 0.05) is 19.7 Å². The third-order valence-corrected chi connectivity index (χ3v) is 4.92. The van der Waals surface area contributed by atoms with E-state index in [1.807, 2.05) is 17.9 Å². The summed E-state index contributed by atoms with van der Waals surface area (Å²) >= 11 is 1.45. The highest BCUT2D eigenvalue weighted by Crippen LogP contribution is 2.26. The number of piperidine rings is 1. The summed E-state index contributed by atoms with van der Waals surface area (Å²) in [5.74, 6) is 6.37. The van der Waals surface area contributed by atoms with Gasteiger partial charge >= 0.3 is 0 Å². The van der Waals surface area contributed by atoms with Crippen molar-refractivity contribution in [3.63, 3.8) is 0 Å². The third-order valence-electron chi connectivity index (χ3n) is 3.78. The molecule has 4 nitrogen and oxygen atoms in total. The van der Waals surface area contributed by atoms with E-state index >= 15 is 0 Å². The van der Waals surface area contributed by atoms with Gasteiger partial charge in [-0.3, -0.25) is 4.79 Å². The molecule has 3 N–H and O–H groups in total. The number of amides is 1. The Kier molecular flexibility index (Phi) is 5.80. The van der Waals surface area contributed by atoms with E-state index in [2.05, 4.69) is 11.8 Å². The van der Waals surface area contributed by atoms with Crippen LogP contribution in [0.3, 0.4) is 0 Å². The number of likely N-dealkylation sites (tertiary alicyclic amines) is 1. The van der Waals surface area contributed by atoms with Gasteiger partial charge < -0.3 is 15.7 Å². The van der Waals surface area contributed by atoms with Crippen molar-refractivity contribution in [1.82, 2.24) is 4.90 Å². The van der Waals surface area contributed by atoms with E-state index in [4.69, 9.17) is 10.8 Å². The maximum Gasteiger partial charge on any atom is 0.263 e. The number of carbonyl (C=O) groups is 1. The van der Waals surface area contributed by atoms with E-state index in [1.165, 1.54) is 11.3 Å². The van der Waals surface area contributed by atoms with Crippen molar-refractivity contribution >= 4 is 17.2 Å². The highest BCUT2D eigenvalue weighted by Gasteiger charge is 2.25. The number of rotatable bonds is 3. The van der Waals surface area contributed by atoms with Crippen LogP contribution in [0, 0.1) is 24.7 Å². The first-order valence-electron chi connectivity index (χ1n) is 7.35. The SMILES string of the molecule is Cc1cc(C(=O)N2CCCC(CCO)C2)sc1C#CCN. The van der Waals surface area contributed by atoms with Crippen molar-refractivity contribution in [2.75, 3.05) is 26.2 Å². The molecule has 2 heterocycles. The maximum absolute atomic E-state index is 12.6. The first kappa shape index (κ1) is 16.0. The monoisotopic (exact) mass is 306 g/mol. The fourth-order valence-corrected chi connectivity index (χ4v) is 3.68. The number of nitrogens with two attached hydrogens (primary N) is 1. The van der Waals surface area contributed by atoms with Crippen molar-refractivity contribution < 1.29 is 9.90 Å². The number of nitrogens with zero attached hydrogens (tertiary/aromatic N) is 1. The molecule has 1 amide bonds. The summed E-state index contributed by atoms with van der Waals surface area (Å²) in [6.45, 7) is 4.06. The molecule has 0 radical (unpaired) electrons. The third kappa shape index (κ3) is 4.07. The molecule has 0 saturated carbocycles. The van der Waals surface area contributed by atoms with Crippen molar-refractivity contribution in [2.45, 2.75) is 26.2 Å². The highest BCUT2D eigenvalue weighted by atomic mass is 32.1. The Bertz CT molecular complexity index is 554. The Morgan fingerprint density at radius 3 is 3.14 bits per heavy atom. The summed E-state index contributed by atoms with van der Waals surface area (Å²) in [6.07, 6.45) is 2.89. The van der Waals surface area contributed by atoms with Crippen LogP contribution >= 0.6 is 11.3 Å². The summed E-state index contributed by atoms with van der Waals surface area (Å²) < 4.78 is 0. The molecule has 1 aromatic rings. The van der Waals surface area contributed by atoms with E-state index in [9.17, 15) is 4.79 Å². The predicted octanol–water partition coefficient (Wildman–Crippen LogP) is 1.60. The topological polar surface area (TPSA) is 66.6 Å². The number of thiophene rings is 1. The molecule has 2 rings (SSSR count). The fourth-order valence-electron chi connectivity index (χ4n) is 2.67. The molecule has 21 heavy (non-hydrogen) atoms. The van der Waals surface area contributed by atoms with Crippen LogP contribution in [0.1, 0.15) is 39.4 Å². The summed E-state index contributed by atoms with van der Waals surface area (Å²) in [4.78, 5) is 16.2. The van der Waals surface area contributed by atoms with Crippen LogP contribution in [-0.2, 0) is 0 Å². The van der Waals surface area contributed by atoms with Crippen LogP contribution in [0.2, 0.25) is 0 Å². The zero-order chi connectivity index (χ0) is 15.2. The number of aryl methyl sites for hydroxylation is 1. The van der Waals surface area contributed by atoms with Gasteiger partial charge in [0.2, 0.25) is 0 Å². The van der Waals surface area contributed by atoms with E-state index in [0.717, 1.165) is 47.7 Å². The van der Waals surface area contributed by atoms with Gasteiger partial charge in [-0.25, -0.2) is 0 Å². The Balaban J connectivity index is 2.09. The second kappa shape index (κ2) is 7.60. The average Bonchev–Trinajstić information content (AvgIpc) is 2.86. The number of hydrogen-bond donors (Lipinski definition) is 2. The minimum atomic E-state index is 0.0894. The largest absolute Gasteiger partial charge is 0.396 e. The van der Waals surface area contributed by atoms with E-state index < -0.39 is 0 Å². The second-order valence-electron chi connectivity index (χ2n) is 5.40. The van der Waals surface area contributed by atoms with Crippen LogP contribution in [0.15, 0.2) is 6.07 Å². The van der Waals surface area contributed by atoms with Crippen molar-refractivity contribution in [3.05, 3.63) is 21.4 Å². The molecule has 0 aromatic carbocycles. The predicted molar refractivity (Wildman–Crippen MR) is 85.3 cm³/mol. The number of carbonyl (C=O) groups excluding carboxylic acids is 1. The van der Waals surface area contributed by atoms with Crippen molar-refractivity contribution in [2.24, 2.45) is 11.7 Å². The molecule has 1 aliphatic rings. The summed E-state index contributed by atoms with van der Waals surface area (Å²) in [7, 11) is 0. The van der Waals surface area contributed by atoms with Crippen LogP contribution in [0.5, 0.6) is 0 Å². The van der Waals surface area contributed by atoms with Crippen LogP contribution in [0.25, 0.3) is 0 Å². The van der Waals surface area contributed by atoms with Gasteiger partial charge in [0.15, 0.2) is 0 Å². The maximum atomic E-state index is 12.6. The van der Waals surface area contributed by atoms with E-state index in [1.54, 1.807) is 0 Å². The molecule has 1 saturated heterocycles. The van der Waals surface area contributed by atoms with Gasteiger partial charge in [0.05, 0.1) is 16.3 Å². The lowest BCUT2D eigenvalue weighted by atomic mass is 9.95. The molecular formula is C16H22N2O2S. The second-order valence-corrected chi connectivity index (χ2v) is 6.45. The van der Waals surface area contributed by atoms with Gasteiger partial charge in [-0.2, -0.15) is 0 Å². The van der Waals surface area contributed by atoms with Gasteiger partial charge in [0.25, 0.3) is 5.91 Å². The molecular weight excluding hydrogens is 284 g/mol. The smallest absolute Gasteiger partial charge is 0.263 e. The number of hydrogen-bond acceptors (Lipinski definition) is 4. The average molecular weight is 306 g/mol. The lowest BCUT2D eigenvalue weighted by Crippen LogP contribution is -2.39. The zero-order valence-corrected chi connectivity index (χ0v) is 13.2. The van der Waals surface area contributed by atoms with Gasteiger partial charge in [-0.1, -0.05) is 11.8 Å². The lowest BCUT2D eigenvalue weighted by Gasteiger charge is -2.32. The Morgan fingerprint density at radius 2 is 2.43 bits per heavy atom. The van der Waals surface area contributed by atoms with Crippen molar-refractivity contribution in [1.29, 1.82) is 0 Å². The van der Waals surface area contributed by atoms with Gasteiger partial charge in [-0.05, 0) is 43.7 Å². The molecule has 1 unspecified atom stereocenters. The number of aliphatic hydroxyl groups is 1. The standard InChI is InChI=1S/C16H22N2O2S/c1-12-10-15(21-14(12)5-2-7-17)16(20)18-8-3-4-13(11-18)6-9-19/h10,13,19H,3-4,6-9,11,17H2,1H3. The first-order chi connectivity index (χ1) is 10.2. The molecule has 114 valence electrons. The summed E-state index contributed by atoms with van der Waals surface area (Å²) in [6, 6.07) is 1.92. The quantitative estimate of drug-likeness (QED) is 0.834. The molecule has 1 atom stereocenters. The van der Waals surface area contributed by atoms with Crippen LogP contribution < -0.4 is 5.73 Å². The Morgan fingerprint density at radius 1 is 1.62 bits per heavy atom. The summed E-state index contributed by atoms with van der Waals surface area (Å²) in [5.41, 5.74) is 6.42. The minimum Gasteiger partial charge on any atom is -0.396 e. The molecule has 1 fully saturated rings. The van der Waals surface area contributed by atoms with Gasteiger partial charge in [0.1, 0.15) is 0 Å². The molecule has 5 heteroatoms. The normalized spacial score (nSPS) is 18.2. The van der Waals surface area contributed by atoms with Crippen LogP contribution in [-0.4, -0.2) is 42.2 Å². The molecule has 0 aliphatic carbocycles. The highest BCUT2D eigenvalue weighted by molar-refractivity contribution is 7.14. The molecule has 0 bridgehead atoms. The van der Waals surface area contributed by atoms with E-state index in [-0.39, 0.29) is 12.5 Å². The number of aliphatic hydroxyl groups excluding tert-OH is 1. The zero-order valence-electron chi connectivity index (χ0n) is 12.4. The molecule has 0 spiro atoms. The molecule has 1 aromatic heterocycles. The van der Waals surface area contributed by atoms with Crippen molar-refractivity contribution in [3.8, 4) is 11.8 Å².